The molecule has 0 bridgehead atoms. The summed E-state index contributed by atoms with van der Waals surface area (Å²) >= 11 is 3.52. The molecular formula is C96H55BBrN2O8+. The Kier molecular flexibility index (Phi) is 13.8. The second kappa shape index (κ2) is 24.2. The highest BCUT2D eigenvalue weighted by atomic mass is 79.9. The smallest absolute Gasteiger partial charge is 0.456 e. The van der Waals surface area contributed by atoms with E-state index in [4.69, 9.17) is 26.5 Å². The van der Waals surface area contributed by atoms with Crippen LogP contribution in [0.4, 0.5) is 0 Å². The van der Waals surface area contributed by atoms with E-state index in [0.29, 0.717) is 5.46 Å². The Morgan fingerprint density at radius 1 is 0.259 bits per heavy atom. The third-order valence-corrected chi connectivity index (χ3v) is 21.9. The van der Waals surface area contributed by atoms with Gasteiger partial charge in [0.1, 0.15) is 67.5 Å². The average Bonchev–Trinajstić information content (AvgIpc) is 1.58. The van der Waals surface area contributed by atoms with Crippen molar-refractivity contribution in [1.29, 1.82) is 0 Å². The maximum atomic E-state index is 9.35. The van der Waals surface area contributed by atoms with Crippen LogP contribution in [0.1, 0.15) is 11.3 Å². The molecule has 506 valence electrons. The van der Waals surface area contributed by atoms with Crippen molar-refractivity contribution in [3.8, 4) is 44.8 Å². The molecule has 1 aliphatic carbocycles. The van der Waals surface area contributed by atoms with Crippen molar-refractivity contribution in [1.82, 2.24) is 9.13 Å². The van der Waals surface area contributed by atoms with Gasteiger partial charge >= 0.3 is 7.12 Å². The van der Waals surface area contributed by atoms with Crippen LogP contribution in [-0.4, -0.2) is 26.3 Å². The standard InChI is InChI=1S/C48H27NO3.C30H15BrNO2.C18H13BO3/c1-2-8-28(9-3-1)29-14-18-43-35(22-29)36-23-30(15-19-44(36)50-43)31-16-20-45-37(24-31)39-26-48-40(27-47(39)51-45)38-25-32(17-21-46(38)52-48)49-41-12-6-4-10-33(41)34-11-5-7-13-42(34)49;31-17-9-11-27-21(13-17)23-15-30-24(16-29(23)33-27)22-14-18(10-12-28(22)34-30)32-25-7-3-1-5-19(25)20-6-2-4-8-26(20)32;20-19(21)14-7-9-18-16(11-14)15-10-13(6-8-17(15)22-18)12-4-2-1-3-5-12/h1-27H;1-8,10-16H;1-11,20-21H/q;+1;. The molecule has 24 rings (SSSR count). The predicted octanol–water partition coefficient (Wildman–Crippen LogP) is 25.7. The highest BCUT2D eigenvalue weighted by Crippen LogP contribution is 2.45. The lowest BCUT2D eigenvalue weighted by molar-refractivity contribution is 0.426. The van der Waals surface area contributed by atoms with Gasteiger partial charge in [-0.25, -0.2) is 0 Å². The number of nitrogens with zero attached hydrogens (tertiary/aromatic N) is 2. The summed E-state index contributed by atoms with van der Waals surface area (Å²) in [5.74, 6) is 0.820. The predicted molar refractivity (Wildman–Crippen MR) is 445 cm³/mol. The van der Waals surface area contributed by atoms with E-state index >= 15 is 0 Å². The maximum Gasteiger partial charge on any atom is 0.488 e. The van der Waals surface area contributed by atoms with E-state index in [1.54, 1.807) is 18.2 Å². The molecular weight excluding hydrogens is 1400 g/mol. The first-order chi connectivity index (χ1) is 53.2. The van der Waals surface area contributed by atoms with Gasteiger partial charge in [0.25, 0.3) is 0 Å². The van der Waals surface area contributed by atoms with Gasteiger partial charge in [-0.3, -0.25) is 0 Å². The largest absolute Gasteiger partial charge is 0.488 e. The van der Waals surface area contributed by atoms with Gasteiger partial charge in [-0.1, -0.05) is 170 Å². The molecule has 8 aromatic heterocycles. The number of aromatic nitrogens is 2. The summed E-state index contributed by atoms with van der Waals surface area (Å²) in [4.78, 5) is 0. The van der Waals surface area contributed by atoms with Crippen LogP contribution in [0.5, 0.6) is 0 Å². The normalized spacial score (nSPS) is 12.3. The molecule has 0 saturated carbocycles. The van der Waals surface area contributed by atoms with Crippen molar-refractivity contribution in [2.75, 3.05) is 0 Å². The van der Waals surface area contributed by atoms with Gasteiger partial charge in [0.05, 0.1) is 39.6 Å². The Balaban J connectivity index is 0.000000110. The fraction of sp³-hybridized carbons (Fsp3) is 0. The summed E-state index contributed by atoms with van der Waals surface area (Å²) in [5, 5.41) is 35.1. The SMILES string of the molecule is BrC1=Cc2c(oc3cc4c(cc23)oc2ccc(-n3c5ccccc5c5ccccc53)cc24)C=[C+]1.OB(O)c1ccc2oc3ccc(-c4ccccc4)cc3c2c1.c1ccc(-c2ccc3oc4ccc(-c5ccc6oc7cc8c(cc7c6c5)oc5ccc(-n6c7ccccc7c7ccccc76)cc58)cc4c3c2)cc1. The monoisotopic (exact) mass is 1450 g/mol. The molecule has 0 aliphatic heterocycles. The van der Waals surface area contributed by atoms with Crippen LogP contribution in [0.3, 0.4) is 0 Å². The summed E-state index contributed by atoms with van der Waals surface area (Å²) in [6.45, 7) is 0. The van der Waals surface area contributed by atoms with Gasteiger partial charge in [-0.15, -0.1) is 0 Å². The first kappa shape index (κ1) is 61.7. The Morgan fingerprint density at radius 2 is 0.565 bits per heavy atom. The van der Waals surface area contributed by atoms with Crippen LogP contribution in [-0.2, 0) is 0 Å². The highest BCUT2D eigenvalue weighted by Gasteiger charge is 2.26. The first-order valence-corrected chi connectivity index (χ1v) is 36.6. The van der Waals surface area contributed by atoms with E-state index in [1.807, 2.05) is 48.6 Å². The number of benzene rings is 15. The minimum absolute atomic E-state index is 0.459. The van der Waals surface area contributed by atoms with Crippen molar-refractivity contribution >= 4 is 205 Å². The van der Waals surface area contributed by atoms with Crippen LogP contribution >= 0.6 is 15.9 Å². The summed E-state index contributed by atoms with van der Waals surface area (Å²) in [6.07, 6.45) is 7.06. The zero-order valence-corrected chi connectivity index (χ0v) is 58.9. The molecule has 23 aromatic rings. The number of fused-ring (bicyclic) bond motifs is 24. The lowest BCUT2D eigenvalue weighted by atomic mass is 9.80. The maximum absolute atomic E-state index is 9.35. The van der Waals surface area contributed by atoms with Gasteiger partial charge in [-0.2, -0.15) is 0 Å². The molecule has 0 radical (unpaired) electrons. The molecule has 0 amide bonds. The molecule has 15 aromatic carbocycles. The molecule has 2 N–H and O–H groups in total. The van der Waals surface area contributed by atoms with Gasteiger partial charge in [0, 0.05) is 86.8 Å². The minimum atomic E-state index is -1.48. The van der Waals surface area contributed by atoms with Crippen molar-refractivity contribution in [3.63, 3.8) is 0 Å². The van der Waals surface area contributed by atoms with Gasteiger partial charge in [0.15, 0.2) is 10.1 Å². The van der Waals surface area contributed by atoms with Crippen LogP contribution in [0.15, 0.2) is 340 Å². The first-order valence-electron chi connectivity index (χ1n) is 35.8. The Labute approximate surface area is 622 Å². The molecule has 1 aliphatic rings. The zero-order chi connectivity index (χ0) is 71.4. The Bertz CT molecular complexity index is 7640. The van der Waals surface area contributed by atoms with Crippen LogP contribution < -0.4 is 5.46 Å². The number of hydrogen-bond acceptors (Lipinski definition) is 8. The minimum Gasteiger partial charge on any atom is -0.456 e. The lowest BCUT2D eigenvalue weighted by Gasteiger charge is -2.07. The molecule has 8 heterocycles. The number of allylic oxidation sites excluding steroid dienone is 2. The average molecular weight is 1460 g/mol. The third kappa shape index (κ3) is 9.93. The molecule has 0 unspecified atom stereocenters. The quantitative estimate of drug-likeness (QED) is 0.124. The number of hydrogen-bond donors (Lipinski definition) is 2. The van der Waals surface area contributed by atoms with Crippen LogP contribution in [0, 0.1) is 6.08 Å². The number of para-hydroxylation sites is 4. The molecule has 0 atom stereocenters. The van der Waals surface area contributed by atoms with E-state index < -0.39 is 7.12 Å². The van der Waals surface area contributed by atoms with E-state index in [2.05, 4.69) is 286 Å². The molecule has 0 saturated heterocycles. The Hall–Kier alpha value is -13.7. The highest BCUT2D eigenvalue weighted by molar-refractivity contribution is 9.12. The van der Waals surface area contributed by atoms with E-state index in [1.165, 1.54) is 54.7 Å². The molecule has 108 heavy (non-hydrogen) atoms. The molecule has 0 fully saturated rings. The van der Waals surface area contributed by atoms with Crippen molar-refractivity contribution in [2.24, 2.45) is 0 Å². The number of furan rings is 6. The Morgan fingerprint density at radius 3 is 0.963 bits per heavy atom. The number of rotatable bonds is 6. The van der Waals surface area contributed by atoms with Gasteiger partial charge in [0.2, 0.25) is 5.76 Å². The van der Waals surface area contributed by atoms with Gasteiger partial charge < -0.3 is 45.7 Å². The van der Waals surface area contributed by atoms with Crippen LogP contribution in [0.25, 0.3) is 221 Å². The van der Waals surface area contributed by atoms with Crippen molar-refractivity contribution < 1.29 is 36.6 Å². The van der Waals surface area contributed by atoms with Gasteiger partial charge in [-0.05, 0) is 194 Å². The number of halogens is 1. The van der Waals surface area contributed by atoms with Crippen LogP contribution in [0.2, 0.25) is 0 Å². The summed E-state index contributed by atoms with van der Waals surface area (Å²) < 4.78 is 43.1. The molecule has 12 heteroatoms. The van der Waals surface area contributed by atoms with E-state index in [0.717, 1.165) is 170 Å². The zero-order valence-electron chi connectivity index (χ0n) is 57.3. The van der Waals surface area contributed by atoms with Crippen molar-refractivity contribution in [2.45, 2.75) is 0 Å². The lowest BCUT2D eigenvalue weighted by Crippen LogP contribution is -2.29. The second-order valence-corrected chi connectivity index (χ2v) is 28.5. The fourth-order valence-electron chi connectivity index (χ4n) is 16.4. The topological polar surface area (TPSA) is 129 Å². The third-order valence-electron chi connectivity index (χ3n) is 21.5. The molecule has 10 nitrogen and oxygen atoms in total. The van der Waals surface area contributed by atoms with E-state index in [9.17, 15) is 10.0 Å². The summed E-state index contributed by atoms with van der Waals surface area (Å²) in [7, 11) is -1.48. The second-order valence-electron chi connectivity index (χ2n) is 27.7. The summed E-state index contributed by atoms with van der Waals surface area (Å²) in [6, 6.07) is 107. The van der Waals surface area contributed by atoms with E-state index in [-0.39, 0.29) is 0 Å². The summed E-state index contributed by atoms with van der Waals surface area (Å²) in [5.41, 5.74) is 24.6. The molecule has 0 spiro atoms. The fourth-order valence-corrected chi connectivity index (χ4v) is 16.7. The van der Waals surface area contributed by atoms with Crippen molar-refractivity contribution in [3.05, 3.63) is 331 Å².